The molecular weight excluding hydrogens is 538 g/mol. The molecule has 4 atom stereocenters. The van der Waals surface area contributed by atoms with Crippen LogP contribution in [0.2, 0.25) is 0 Å². The molecule has 0 aliphatic heterocycles. The summed E-state index contributed by atoms with van der Waals surface area (Å²) in [6.07, 6.45) is 33.4. The van der Waals surface area contributed by atoms with E-state index in [1.165, 1.54) is 103 Å². The molecule has 0 fully saturated rings. The molecule has 0 aromatic rings. The lowest BCUT2D eigenvalue weighted by molar-refractivity contribution is -0.132. The predicted molar refractivity (Wildman–Crippen MR) is 182 cm³/mol. The number of amides is 1. The van der Waals surface area contributed by atoms with Crippen molar-refractivity contribution in [2.45, 2.75) is 199 Å². The highest BCUT2D eigenvalue weighted by molar-refractivity contribution is 5.80. The molecule has 43 heavy (non-hydrogen) atoms. The summed E-state index contributed by atoms with van der Waals surface area (Å²) in [5, 5.41) is 43.3. The summed E-state index contributed by atoms with van der Waals surface area (Å²) >= 11 is 0. The zero-order valence-electron chi connectivity index (χ0n) is 28.2. The van der Waals surface area contributed by atoms with Gasteiger partial charge in [0.15, 0.2) is 0 Å². The summed E-state index contributed by atoms with van der Waals surface area (Å²) in [5.41, 5.74) is 0. The average molecular weight is 610 g/mol. The summed E-state index contributed by atoms with van der Waals surface area (Å²) in [6, 6.07) is -1.000. The van der Waals surface area contributed by atoms with Crippen LogP contribution in [0.25, 0.3) is 0 Å². The third-order valence-electron chi connectivity index (χ3n) is 8.38. The molecule has 0 aliphatic rings. The Morgan fingerprint density at radius 2 is 0.953 bits per heavy atom. The van der Waals surface area contributed by atoms with Crippen molar-refractivity contribution in [3.05, 3.63) is 24.3 Å². The number of hydrogen-bond acceptors (Lipinski definition) is 5. The van der Waals surface area contributed by atoms with Crippen LogP contribution in [0.15, 0.2) is 24.3 Å². The first kappa shape index (κ1) is 41.8. The third kappa shape index (κ3) is 26.9. The van der Waals surface area contributed by atoms with E-state index in [-0.39, 0.29) is 0 Å². The normalized spacial score (nSPS) is 14.8. The van der Waals surface area contributed by atoms with Crippen molar-refractivity contribution in [1.82, 2.24) is 5.32 Å². The Labute approximate surface area is 265 Å². The maximum atomic E-state index is 12.4. The first-order chi connectivity index (χ1) is 21.0. The van der Waals surface area contributed by atoms with Gasteiger partial charge in [0.05, 0.1) is 18.8 Å². The summed E-state index contributed by atoms with van der Waals surface area (Å²) in [5.74, 6) is -0.601. The van der Waals surface area contributed by atoms with Crippen molar-refractivity contribution in [2.75, 3.05) is 6.61 Å². The van der Waals surface area contributed by atoms with Crippen molar-refractivity contribution >= 4 is 5.91 Å². The molecular formula is C37H71NO5. The SMILES string of the molecule is CCCCCCCC/C=C\CCCCCCCCC(O)C(=O)NC(CO)C(O)C(O)CCC/C=C/CCCCCCCC. The van der Waals surface area contributed by atoms with Crippen LogP contribution in [-0.2, 0) is 4.79 Å². The number of aliphatic hydroxyl groups excluding tert-OH is 4. The van der Waals surface area contributed by atoms with Crippen molar-refractivity contribution in [3.63, 3.8) is 0 Å². The number of carbonyl (C=O) groups excluding carboxylic acids is 1. The van der Waals surface area contributed by atoms with Gasteiger partial charge in [0.2, 0.25) is 5.91 Å². The topological polar surface area (TPSA) is 110 Å². The molecule has 4 unspecified atom stereocenters. The van der Waals surface area contributed by atoms with Gasteiger partial charge in [-0.05, 0) is 64.2 Å². The predicted octanol–water partition coefficient (Wildman–Crippen LogP) is 8.45. The summed E-state index contributed by atoms with van der Waals surface area (Å²) in [6.45, 7) is 3.98. The highest BCUT2D eigenvalue weighted by atomic mass is 16.3. The Kier molecular flexibility index (Phi) is 31.3. The number of hydrogen-bond donors (Lipinski definition) is 5. The maximum Gasteiger partial charge on any atom is 0.249 e. The van der Waals surface area contributed by atoms with Crippen molar-refractivity contribution in [3.8, 4) is 0 Å². The van der Waals surface area contributed by atoms with Crippen molar-refractivity contribution in [1.29, 1.82) is 0 Å². The van der Waals surface area contributed by atoms with E-state index in [0.717, 1.165) is 44.9 Å². The molecule has 0 saturated carbocycles. The molecule has 0 rings (SSSR count). The Bertz CT molecular complexity index is 653. The summed E-state index contributed by atoms with van der Waals surface area (Å²) in [4.78, 5) is 12.4. The first-order valence-corrected chi connectivity index (χ1v) is 18.2. The molecule has 0 aromatic carbocycles. The second-order valence-electron chi connectivity index (χ2n) is 12.6. The average Bonchev–Trinajstić information content (AvgIpc) is 3.01. The zero-order chi connectivity index (χ0) is 31.8. The van der Waals surface area contributed by atoms with Gasteiger partial charge in [0.1, 0.15) is 12.2 Å². The van der Waals surface area contributed by atoms with E-state index in [1.807, 2.05) is 0 Å². The molecule has 0 spiro atoms. The van der Waals surface area contributed by atoms with Crippen LogP contribution < -0.4 is 5.32 Å². The van der Waals surface area contributed by atoms with Gasteiger partial charge in [0, 0.05) is 0 Å². The van der Waals surface area contributed by atoms with Gasteiger partial charge >= 0.3 is 0 Å². The van der Waals surface area contributed by atoms with Crippen molar-refractivity contribution in [2.24, 2.45) is 0 Å². The fraction of sp³-hybridized carbons (Fsp3) is 0.865. The molecule has 6 heteroatoms. The third-order valence-corrected chi connectivity index (χ3v) is 8.38. The molecule has 254 valence electrons. The number of carbonyl (C=O) groups is 1. The minimum absolute atomic E-state index is 0.356. The smallest absolute Gasteiger partial charge is 0.249 e. The molecule has 1 amide bonds. The lowest BCUT2D eigenvalue weighted by Crippen LogP contribution is -2.53. The molecule has 0 aliphatic carbocycles. The van der Waals surface area contributed by atoms with Crippen LogP contribution in [0.5, 0.6) is 0 Å². The van der Waals surface area contributed by atoms with Crippen molar-refractivity contribution < 1.29 is 25.2 Å². The molecule has 0 heterocycles. The number of nitrogens with one attached hydrogen (secondary N) is 1. The quantitative estimate of drug-likeness (QED) is 0.0388. The lowest BCUT2D eigenvalue weighted by Gasteiger charge is -2.27. The van der Waals surface area contributed by atoms with Gasteiger partial charge in [-0.15, -0.1) is 0 Å². The van der Waals surface area contributed by atoms with Crippen LogP contribution in [0.4, 0.5) is 0 Å². The highest BCUT2D eigenvalue weighted by Crippen LogP contribution is 2.14. The Hall–Kier alpha value is -1.21. The van der Waals surface area contributed by atoms with Crippen LogP contribution in [0.1, 0.15) is 174 Å². The fourth-order valence-corrected chi connectivity index (χ4v) is 5.40. The van der Waals surface area contributed by atoms with E-state index in [4.69, 9.17) is 0 Å². The monoisotopic (exact) mass is 610 g/mol. The van der Waals surface area contributed by atoms with Gasteiger partial charge in [-0.25, -0.2) is 0 Å². The van der Waals surface area contributed by atoms with E-state index < -0.39 is 36.9 Å². The van der Waals surface area contributed by atoms with Gasteiger partial charge in [0.25, 0.3) is 0 Å². The molecule has 0 aromatic heterocycles. The van der Waals surface area contributed by atoms with Gasteiger partial charge in [-0.3, -0.25) is 4.79 Å². The molecule has 0 bridgehead atoms. The molecule has 6 nitrogen and oxygen atoms in total. The molecule has 0 saturated heterocycles. The largest absolute Gasteiger partial charge is 0.394 e. The number of rotatable bonds is 32. The van der Waals surface area contributed by atoms with E-state index in [9.17, 15) is 25.2 Å². The Balaban J connectivity index is 3.87. The van der Waals surface area contributed by atoms with E-state index in [1.54, 1.807) is 0 Å². The van der Waals surface area contributed by atoms with Crippen LogP contribution in [0, 0.1) is 0 Å². The molecule has 0 radical (unpaired) electrons. The van der Waals surface area contributed by atoms with E-state index in [2.05, 4.69) is 43.5 Å². The second kappa shape index (κ2) is 32.2. The molecule has 5 N–H and O–H groups in total. The Morgan fingerprint density at radius 1 is 0.558 bits per heavy atom. The summed E-state index contributed by atoms with van der Waals surface area (Å²) in [7, 11) is 0. The Morgan fingerprint density at radius 3 is 1.40 bits per heavy atom. The minimum Gasteiger partial charge on any atom is -0.394 e. The summed E-state index contributed by atoms with van der Waals surface area (Å²) < 4.78 is 0. The van der Waals surface area contributed by atoms with Gasteiger partial charge in [-0.2, -0.15) is 0 Å². The number of aliphatic hydroxyl groups is 4. The van der Waals surface area contributed by atoms with Crippen LogP contribution in [0.3, 0.4) is 0 Å². The zero-order valence-corrected chi connectivity index (χ0v) is 28.2. The first-order valence-electron chi connectivity index (χ1n) is 18.2. The van der Waals surface area contributed by atoms with Crippen LogP contribution >= 0.6 is 0 Å². The highest BCUT2D eigenvalue weighted by Gasteiger charge is 2.28. The van der Waals surface area contributed by atoms with Gasteiger partial charge < -0.3 is 25.7 Å². The lowest BCUT2D eigenvalue weighted by atomic mass is 10.00. The number of allylic oxidation sites excluding steroid dienone is 4. The van der Waals surface area contributed by atoms with E-state index in [0.29, 0.717) is 12.8 Å². The van der Waals surface area contributed by atoms with Gasteiger partial charge in [-0.1, -0.05) is 134 Å². The fourth-order valence-electron chi connectivity index (χ4n) is 5.40. The van der Waals surface area contributed by atoms with Crippen LogP contribution in [-0.4, -0.2) is 57.3 Å². The number of unbranched alkanes of at least 4 members (excludes halogenated alkanes) is 19. The standard InChI is InChI=1S/C37H71NO5/c1-3-5-7-9-11-13-15-16-17-18-19-21-23-25-27-29-31-35(41)37(43)38-33(32-39)36(42)34(40)30-28-26-24-22-20-14-12-10-8-6-4-2/h16-17,22,24,33-36,39-42H,3-15,18-21,23,25-32H2,1-2H3,(H,38,43)/b17-16-,24-22+. The second-order valence-corrected chi connectivity index (χ2v) is 12.6. The minimum atomic E-state index is -1.28. The maximum absolute atomic E-state index is 12.4. The van der Waals surface area contributed by atoms with E-state index >= 15 is 0 Å².